The highest BCUT2D eigenvalue weighted by Crippen LogP contribution is 2.33. The molecule has 0 fully saturated rings. The molecule has 0 aliphatic rings. The second kappa shape index (κ2) is 6.62. The molecule has 1 heterocycles. The lowest BCUT2D eigenvalue weighted by atomic mass is 10.0. The summed E-state index contributed by atoms with van der Waals surface area (Å²) in [7, 11) is 0. The van der Waals surface area contributed by atoms with Gasteiger partial charge in [-0.2, -0.15) is 5.10 Å². The van der Waals surface area contributed by atoms with Crippen molar-refractivity contribution in [2.24, 2.45) is 0 Å². The molecule has 0 radical (unpaired) electrons. The second-order valence-electron chi connectivity index (χ2n) is 5.50. The van der Waals surface area contributed by atoms with Gasteiger partial charge in [0.1, 0.15) is 12.4 Å². The first-order valence-electron chi connectivity index (χ1n) is 7.34. The van der Waals surface area contributed by atoms with E-state index in [-0.39, 0.29) is 0 Å². The van der Waals surface area contributed by atoms with Crippen LogP contribution in [0.1, 0.15) is 16.7 Å². The van der Waals surface area contributed by atoms with Crippen molar-refractivity contribution in [3.05, 3.63) is 62.7 Å². The molecule has 0 saturated heterocycles. The van der Waals surface area contributed by atoms with Crippen molar-refractivity contribution < 1.29 is 4.74 Å². The first-order valence-corrected chi connectivity index (χ1v) is 8.42. The molecule has 5 heteroatoms. The van der Waals surface area contributed by atoms with Gasteiger partial charge in [0.05, 0.1) is 9.26 Å². The molecule has 0 aliphatic heterocycles. The normalized spacial score (nSPS) is 10.7. The van der Waals surface area contributed by atoms with Crippen molar-refractivity contribution in [2.75, 3.05) is 5.73 Å². The molecule has 0 spiro atoms. The number of benzene rings is 2. The Morgan fingerprint density at radius 1 is 1.13 bits per heavy atom. The highest BCUT2D eigenvalue weighted by Gasteiger charge is 2.14. The average molecular weight is 419 g/mol. The molecule has 0 unspecified atom stereocenters. The van der Waals surface area contributed by atoms with Crippen LogP contribution in [0, 0.1) is 17.4 Å². The molecule has 0 aliphatic carbocycles. The number of halogens is 1. The number of nitrogen functional groups attached to an aromatic ring is 1. The number of nitrogens with two attached hydrogens (primary N) is 1. The van der Waals surface area contributed by atoms with E-state index in [1.807, 2.05) is 18.2 Å². The molecule has 118 valence electrons. The van der Waals surface area contributed by atoms with Crippen molar-refractivity contribution >= 4 is 28.4 Å². The van der Waals surface area contributed by atoms with E-state index < -0.39 is 0 Å². The Morgan fingerprint density at radius 2 is 1.87 bits per heavy atom. The molecule has 0 amide bonds. The standard InChI is InChI=1S/C18H18IN3O/c1-11-9-15(23-10-13-6-4-3-5-7-13)12(2)8-14(11)17-16(19)18(20)22-21-17/h3-9H,10H2,1-2H3,(H3,20,21,22). The molecule has 3 N–H and O–H groups in total. The topological polar surface area (TPSA) is 63.9 Å². The Bertz CT molecular complexity index is 828. The molecule has 2 aromatic carbocycles. The number of aryl methyl sites for hydroxylation is 2. The summed E-state index contributed by atoms with van der Waals surface area (Å²) < 4.78 is 6.92. The zero-order chi connectivity index (χ0) is 16.4. The van der Waals surface area contributed by atoms with Gasteiger partial charge in [-0.15, -0.1) is 0 Å². The second-order valence-corrected chi connectivity index (χ2v) is 6.58. The maximum absolute atomic E-state index is 5.98. The van der Waals surface area contributed by atoms with Gasteiger partial charge < -0.3 is 10.5 Å². The SMILES string of the molecule is Cc1cc(-c2[nH]nc(N)c2I)c(C)cc1OCc1ccccc1. The van der Waals surface area contributed by atoms with Crippen LogP contribution in [0.2, 0.25) is 0 Å². The summed E-state index contributed by atoms with van der Waals surface area (Å²) in [6.07, 6.45) is 0. The fraction of sp³-hybridized carbons (Fsp3) is 0.167. The first kappa shape index (κ1) is 15.9. The molecule has 0 bridgehead atoms. The molecule has 3 aromatic rings. The van der Waals surface area contributed by atoms with Crippen LogP contribution in [-0.4, -0.2) is 10.2 Å². The van der Waals surface area contributed by atoms with E-state index in [4.69, 9.17) is 10.5 Å². The van der Waals surface area contributed by atoms with Crippen LogP contribution in [0.15, 0.2) is 42.5 Å². The number of aromatic nitrogens is 2. The van der Waals surface area contributed by atoms with Gasteiger partial charge in [0.15, 0.2) is 5.82 Å². The first-order chi connectivity index (χ1) is 11.1. The Hall–Kier alpha value is -2.02. The molecule has 23 heavy (non-hydrogen) atoms. The largest absolute Gasteiger partial charge is 0.489 e. The van der Waals surface area contributed by atoms with Crippen molar-refractivity contribution in [3.63, 3.8) is 0 Å². The van der Waals surface area contributed by atoms with Gasteiger partial charge >= 0.3 is 0 Å². The highest BCUT2D eigenvalue weighted by molar-refractivity contribution is 14.1. The van der Waals surface area contributed by atoms with E-state index in [0.717, 1.165) is 37.3 Å². The number of ether oxygens (including phenoxy) is 1. The number of hydrogen-bond acceptors (Lipinski definition) is 3. The van der Waals surface area contributed by atoms with Crippen molar-refractivity contribution in [2.45, 2.75) is 20.5 Å². The predicted molar refractivity (Wildman–Crippen MR) is 101 cm³/mol. The van der Waals surface area contributed by atoms with Crippen molar-refractivity contribution in [3.8, 4) is 17.0 Å². The number of H-pyrrole nitrogens is 1. The third-order valence-electron chi connectivity index (χ3n) is 3.76. The minimum absolute atomic E-state index is 0.530. The summed E-state index contributed by atoms with van der Waals surface area (Å²) in [6.45, 7) is 4.68. The zero-order valence-corrected chi connectivity index (χ0v) is 15.2. The molecular weight excluding hydrogens is 401 g/mol. The van der Waals surface area contributed by atoms with Crippen LogP contribution >= 0.6 is 22.6 Å². The lowest BCUT2D eigenvalue weighted by Gasteiger charge is -2.13. The molecule has 3 rings (SSSR count). The van der Waals surface area contributed by atoms with Crippen LogP contribution in [-0.2, 0) is 6.61 Å². The maximum Gasteiger partial charge on any atom is 0.159 e. The summed E-state index contributed by atoms with van der Waals surface area (Å²) in [5.41, 5.74) is 11.3. The summed E-state index contributed by atoms with van der Waals surface area (Å²) in [4.78, 5) is 0. The quantitative estimate of drug-likeness (QED) is 0.614. The van der Waals surface area contributed by atoms with Crippen LogP contribution in [0.5, 0.6) is 5.75 Å². The molecule has 4 nitrogen and oxygen atoms in total. The monoisotopic (exact) mass is 419 g/mol. The fourth-order valence-corrected chi connectivity index (χ4v) is 3.00. The number of nitrogens with zero attached hydrogens (tertiary/aromatic N) is 1. The molecule has 0 saturated carbocycles. The predicted octanol–water partition coefficient (Wildman–Crippen LogP) is 4.46. The average Bonchev–Trinajstić information content (AvgIpc) is 2.88. The van der Waals surface area contributed by atoms with Gasteiger partial charge in [0.25, 0.3) is 0 Å². The smallest absolute Gasteiger partial charge is 0.159 e. The van der Waals surface area contributed by atoms with Crippen molar-refractivity contribution in [1.29, 1.82) is 0 Å². The number of nitrogens with one attached hydrogen (secondary N) is 1. The van der Waals surface area contributed by atoms with E-state index in [1.165, 1.54) is 0 Å². The minimum Gasteiger partial charge on any atom is -0.489 e. The van der Waals surface area contributed by atoms with Gasteiger partial charge in [-0.25, -0.2) is 0 Å². The third-order valence-corrected chi connectivity index (χ3v) is 4.85. The van der Waals surface area contributed by atoms with E-state index in [1.54, 1.807) is 0 Å². The summed E-state index contributed by atoms with van der Waals surface area (Å²) >= 11 is 2.22. The van der Waals surface area contributed by atoms with E-state index in [9.17, 15) is 0 Å². The Morgan fingerprint density at radius 3 is 2.52 bits per heavy atom. The summed E-state index contributed by atoms with van der Waals surface area (Å²) in [5.74, 6) is 1.43. The summed E-state index contributed by atoms with van der Waals surface area (Å²) in [6, 6.07) is 14.4. The van der Waals surface area contributed by atoms with E-state index in [0.29, 0.717) is 12.4 Å². The lowest BCUT2D eigenvalue weighted by molar-refractivity contribution is 0.304. The minimum atomic E-state index is 0.530. The van der Waals surface area contributed by atoms with Gasteiger partial charge in [-0.3, -0.25) is 5.10 Å². The number of hydrogen-bond donors (Lipinski definition) is 2. The maximum atomic E-state index is 5.98. The molecular formula is C18H18IN3O. The van der Waals surface area contributed by atoms with E-state index in [2.05, 4.69) is 70.9 Å². The van der Waals surface area contributed by atoms with Crippen LogP contribution in [0.25, 0.3) is 11.3 Å². The van der Waals surface area contributed by atoms with Crippen molar-refractivity contribution in [1.82, 2.24) is 10.2 Å². The van der Waals surface area contributed by atoms with Gasteiger partial charge in [-0.05, 0) is 65.3 Å². The van der Waals surface area contributed by atoms with Gasteiger partial charge in [0.2, 0.25) is 0 Å². The summed E-state index contributed by atoms with van der Waals surface area (Å²) in [5, 5.41) is 7.09. The van der Waals surface area contributed by atoms with Gasteiger partial charge in [-0.1, -0.05) is 30.3 Å². The molecule has 1 aromatic heterocycles. The molecule has 0 atom stereocenters. The number of rotatable bonds is 4. The Balaban J connectivity index is 1.87. The van der Waals surface area contributed by atoms with Gasteiger partial charge in [0, 0.05) is 5.56 Å². The number of anilines is 1. The van der Waals surface area contributed by atoms with Crippen LogP contribution < -0.4 is 10.5 Å². The Kier molecular flexibility index (Phi) is 4.56. The fourth-order valence-electron chi connectivity index (χ4n) is 2.47. The Labute approximate surface area is 149 Å². The third kappa shape index (κ3) is 3.34. The number of aromatic amines is 1. The van der Waals surface area contributed by atoms with Crippen LogP contribution in [0.4, 0.5) is 5.82 Å². The zero-order valence-electron chi connectivity index (χ0n) is 13.1. The highest BCUT2D eigenvalue weighted by atomic mass is 127. The van der Waals surface area contributed by atoms with E-state index >= 15 is 0 Å². The lowest BCUT2D eigenvalue weighted by Crippen LogP contribution is -1.98. The van der Waals surface area contributed by atoms with Crippen LogP contribution in [0.3, 0.4) is 0 Å².